The SMILES string of the molecule is CC(C)(C)OC(=O)NCCOCCOCC(=O)N1C[C@@H](NC(=O)OCC2c3ccccc3-c3ccccc32)C[C@H]1C(=O)O. The Kier molecular flexibility index (Phi) is 10.6. The van der Waals surface area contributed by atoms with Gasteiger partial charge in [0, 0.05) is 25.4 Å². The molecule has 1 fully saturated rings. The molecule has 1 aliphatic carbocycles. The topological polar surface area (TPSA) is 153 Å². The zero-order valence-electron chi connectivity index (χ0n) is 24.7. The number of nitrogens with zero attached hydrogens (tertiary/aromatic N) is 1. The molecule has 0 unspecified atom stereocenters. The van der Waals surface area contributed by atoms with Crippen molar-refractivity contribution in [3.8, 4) is 11.1 Å². The highest BCUT2D eigenvalue weighted by atomic mass is 16.6. The average Bonchev–Trinajstić information content (AvgIpc) is 3.52. The van der Waals surface area contributed by atoms with Gasteiger partial charge in [-0.2, -0.15) is 0 Å². The minimum Gasteiger partial charge on any atom is -0.480 e. The van der Waals surface area contributed by atoms with E-state index in [9.17, 15) is 24.3 Å². The van der Waals surface area contributed by atoms with Crippen molar-refractivity contribution in [3.05, 3.63) is 59.7 Å². The number of aliphatic carboxylic acids is 1. The predicted octanol–water partition coefficient (Wildman–Crippen LogP) is 3.14. The summed E-state index contributed by atoms with van der Waals surface area (Å²) in [5.74, 6) is -1.77. The summed E-state index contributed by atoms with van der Waals surface area (Å²) in [6.07, 6.45) is -1.15. The van der Waals surface area contributed by atoms with Crippen LogP contribution in [0.2, 0.25) is 0 Å². The van der Waals surface area contributed by atoms with Crippen LogP contribution >= 0.6 is 0 Å². The standard InChI is InChI=1S/C31H39N3O9/c1-31(2,3)43-29(38)32-12-13-40-14-15-41-19-27(35)34-17-20(16-26(34)28(36)37)33-30(39)42-18-25-23-10-6-4-8-21(23)22-9-5-7-11-24(22)25/h4-11,20,25-26H,12-19H2,1-3H3,(H,32,38)(H,33,39)(H,36,37)/t20-,26-/m0/s1. The molecule has 1 aliphatic heterocycles. The molecule has 12 nitrogen and oxygen atoms in total. The Morgan fingerprint density at radius 3 is 2.16 bits per heavy atom. The van der Waals surface area contributed by atoms with Gasteiger partial charge in [-0.3, -0.25) is 4.79 Å². The third-order valence-electron chi connectivity index (χ3n) is 7.08. The van der Waals surface area contributed by atoms with Gasteiger partial charge in [0.15, 0.2) is 0 Å². The molecule has 1 saturated heterocycles. The largest absolute Gasteiger partial charge is 0.480 e. The second kappa shape index (κ2) is 14.3. The van der Waals surface area contributed by atoms with Gasteiger partial charge in [-0.05, 0) is 43.0 Å². The Balaban J connectivity index is 1.17. The molecule has 2 aromatic carbocycles. The van der Waals surface area contributed by atoms with Crippen LogP contribution in [0, 0.1) is 0 Å². The minimum atomic E-state index is -1.16. The number of nitrogens with one attached hydrogen (secondary N) is 2. The molecule has 2 atom stereocenters. The van der Waals surface area contributed by atoms with Gasteiger partial charge in [-0.15, -0.1) is 0 Å². The molecule has 43 heavy (non-hydrogen) atoms. The van der Waals surface area contributed by atoms with E-state index < -0.39 is 41.7 Å². The summed E-state index contributed by atoms with van der Waals surface area (Å²) in [6.45, 7) is 5.88. The normalized spacial score (nSPS) is 17.6. The average molecular weight is 598 g/mol. The number of fused-ring (bicyclic) bond motifs is 3. The van der Waals surface area contributed by atoms with E-state index in [1.807, 2.05) is 48.5 Å². The molecule has 2 aromatic rings. The highest BCUT2D eigenvalue weighted by molar-refractivity contribution is 5.85. The van der Waals surface area contributed by atoms with E-state index in [1.165, 1.54) is 4.90 Å². The molecule has 0 radical (unpaired) electrons. The fraction of sp³-hybridized carbons (Fsp3) is 0.484. The smallest absolute Gasteiger partial charge is 0.407 e. The van der Waals surface area contributed by atoms with Gasteiger partial charge in [-0.1, -0.05) is 48.5 Å². The molecule has 0 spiro atoms. The number of carboxylic acids is 1. The van der Waals surface area contributed by atoms with E-state index in [4.69, 9.17) is 18.9 Å². The molecule has 2 aliphatic rings. The summed E-state index contributed by atoms with van der Waals surface area (Å²) in [7, 11) is 0. The van der Waals surface area contributed by atoms with Gasteiger partial charge in [0.05, 0.1) is 25.9 Å². The quantitative estimate of drug-likeness (QED) is 0.313. The van der Waals surface area contributed by atoms with Crippen molar-refractivity contribution in [1.29, 1.82) is 0 Å². The van der Waals surface area contributed by atoms with Gasteiger partial charge >= 0.3 is 18.2 Å². The summed E-state index contributed by atoms with van der Waals surface area (Å²) in [4.78, 5) is 50.1. The van der Waals surface area contributed by atoms with E-state index in [0.29, 0.717) is 0 Å². The lowest BCUT2D eigenvalue weighted by molar-refractivity contribution is -0.150. The zero-order chi connectivity index (χ0) is 31.0. The van der Waals surface area contributed by atoms with Gasteiger partial charge < -0.3 is 39.6 Å². The Hall–Kier alpha value is -4.16. The maximum Gasteiger partial charge on any atom is 0.407 e. The fourth-order valence-electron chi connectivity index (χ4n) is 5.26. The van der Waals surface area contributed by atoms with Crippen LogP contribution in [0.5, 0.6) is 0 Å². The van der Waals surface area contributed by atoms with Crippen LogP contribution in [-0.2, 0) is 28.5 Å². The number of amides is 3. The third kappa shape index (κ3) is 8.68. The first-order chi connectivity index (χ1) is 20.5. The number of likely N-dealkylation sites (tertiary alicyclic amines) is 1. The number of carboxylic acid groups (broad SMARTS) is 1. The van der Waals surface area contributed by atoms with E-state index in [-0.39, 0.29) is 58.5 Å². The van der Waals surface area contributed by atoms with Crippen molar-refractivity contribution in [1.82, 2.24) is 15.5 Å². The Labute approximate surface area is 250 Å². The van der Waals surface area contributed by atoms with Gasteiger partial charge in [0.25, 0.3) is 0 Å². The first-order valence-corrected chi connectivity index (χ1v) is 14.3. The molecule has 0 saturated carbocycles. The van der Waals surface area contributed by atoms with Crippen molar-refractivity contribution in [2.24, 2.45) is 0 Å². The molecule has 4 rings (SSSR count). The summed E-state index contributed by atoms with van der Waals surface area (Å²) < 4.78 is 21.4. The first-order valence-electron chi connectivity index (χ1n) is 14.3. The number of alkyl carbamates (subject to hydrolysis) is 2. The Bertz CT molecular complexity index is 1260. The van der Waals surface area contributed by atoms with Gasteiger partial charge in [0.1, 0.15) is 24.9 Å². The van der Waals surface area contributed by atoms with Gasteiger partial charge in [0.2, 0.25) is 5.91 Å². The number of carbonyl (C=O) groups is 4. The molecule has 3 amide bonds. The summed E-state index contributed by atoms with van der Waals surface area (Å²) in [5, 5.41) is 15.0. The monoisotopic (exact) mass is 597 g/mol. The summed E-state index contributed by atoms with van der Waals surface area (Å²) >= 11 is 0. The first kappa shape index (κ1) is 31.8. The third-order valence-corrected chi connectivity index (χ3v) is 7.08. The van der Waals surface area contributed by atoms with Crippen molar-refractivity contribution in [3.63, 3.8) is 0 Å². The van der Waals surface area contributed by atoms with E-state index in [2.05, 4.69) is 10.6 Å². The summed E-state index contributed by atoms with van der Waals surface area (Å²) in [5.41, 5.74) is 3.82. The number of ether oxygens (including phenoxy) is 4. The molecular formula is C31H39N3O9. The molecule has 12 heteroatoms. The molecule has 1 heterocycles. The van der Waals surface area contributed by atoms with Crippen LogP contribution in [0.15, 0.2) is 48.5 Å². The maximum atomic E-state index is 12.7. The molecule has 3 N–H and O–H groups in total. The number of benzene rings is 2. The zero-order valence-corrected chi connectivity index (χ0v) is 24.7. The van der Waals surface area contributed by atoms with Crippen molar-refractivity contribution in [2.75, 3.05) is 46.1 Å². The lowest BCUT2D eigenvalue weighted by atomic mass is 9.98. The van der Waals surface area contributed by atoms with E-state index in [0.717, 1.165) is 22.3 Å². The molecule has 0 bridgehead atoms. The van der Waals surface area contributed by atoms with Crippen LogP contribution in [0.1, 0.15) is 44.2 Å². The number of hydrogen-bond donors (Lipinski definition) is 3. The lowest BCUT2D eigenvalue weighted by Crippen LogP contribution is -2.43. The van der Waals surface area contributed by atoms with Crippen LogP contribution in [0.25, 0.3) is 11.1 Å². The Morgan fingerprint density at radius 2 is 1.53 bits per heavy atom. The number of hydrogen-bond acceptors (Lipinski definition) is 8. The van der Waals surface area contributed by atoms with Crippen LogP contribution in [-0.4, -0.2) is 97.9 Å². The van der Waals surface area contributed by atoms with E-state index in [1.54, 1.807) is 20.8 Å². The van der Waals surface area contributed by atoms with E-state index >= 15 is 0 Å². The maximum absolute atomic E-state index is 12.7. The van der Waals surface area contributed by atoms with Crippen molar-refractivity contribution in [2.45, 2.75) is 50.8 Å². The second-order valence-electron chi connectivity index (χ2n) is 11.4. The van der Waals surface area contributed by atoms with Crippen LogP contribution in [0.3, 0.4) is 0 Å². The van der Waals surface area contributed by atoms with Crippen LogP contribution in [0.4, 0.5) is 9.59 Å². The highest BCUT2D eigenvalue weighted by Crippen LogP contribution is 2.44. The Morgan fingerprint density at radius 1 is 0.907 bits per heavy atom. The van der Waals surface area contributed by atoms with Crippen molar-refractivity contribution >= 4 is 24.1 Å². The second-order valence-corrected chi connectivity index (χ2v) is 11.4. The van der Waals surface area contributed by atoms with Gasteiger partial charge in [-0.25, -0.2) is 14.4 Å². The molecular weight excluding hydrogens is 558 g/mol. The van der Waals surface area contributed by atoms with Crippen molar-refractivity contribution < 1.29 is 43.2 Å². The van der Waals surface area contributed by atoms with Crippen LogP contribution < -0.4 is 10.6 Å². The molecule has 232 valence electrons. The summed E-state index contributed by atoms with van der Waals surface area (Å²) in [6, 6.07) is 14.3. The fourth-order valence-corrected chi connectivity index (χ4v) is 5.26. The number of carbonyl (C=O) groups excluding carboxylic acids is 3. The minimum absolute atomic E-state index is 0.0240. The predicted molar refractivity (Wildman–Crippen MR) is 156 cm³/mol. The lowest BCUT2D eigenvalue weighted by Gasteiger charge is -2.21. The number of rotatable bonds is 12. The highest BCUT2D eigenvalue weighted by Gasteiger charge is 2.40. The molecule has 0 aromatic heterocycles.